The average Bonchev–Trinajstić information content (AvgIpc) is 3.45. The summed E-state index contributed by atoms with van der Waals surface area (Å²) < 4.78 is 0. The fourth-order valence-corrected chi connectivity index (χ4v) is 3.56. The van der Waals surface area contributed by atoms with Crippen molar-refractivity contribution >= 4 is 46.4 Å². The molecule has 0 spiro atoms. The second-order valence-corrected chi connectivity index (χ2v) is 6.59. The second kappa shape index (κ2) is 7.59. The molecule has 0 heterocycles. The molecule has 0 unspecified atom stereocenters. The van der Waals surface area contributed by atoms with Gasteiger partial charge in [0.1, 0.15) is 6.29 Å². The highest BCUT2D eigenvalue weighted by Crippen LogP contribution is 2.44. The number of carbonyl (C=O) groups excluding carboxylic acids is 1. The monoisotopic (exact) mass is 340 g/mol. The van der Waals surface area contributed by atoms with E-state index in [1.165, 1.54) is 35.6 Å². The van der Waals surface area contributed by atoms with Gasteiger partial charge in [-0.1, -0.05) is 42.1 Å². The molecule has 0 amide bonds. The number of nitrogens with two attached hydrogens (primary N) is 1. The minimum Gasteiger partial charge on any atom is -0.314 e. The number of benzene rings is 2. The molecular formula is C18H20N4OS. The largest absolute Gasteiger partial charge is 0.314 e. The van der Waals surface area contributed by atoms with Gasteiger partial charge in [-0.15, -0.1) is 5.10 Å². The van der Waals surface area contributed by atoms with Crippen molar-refractivity contribution in [2.24, 2.45) is 15.9 Å². The number of nitrogens with zero attached hydrogens (tertiary/aromatic N) is 3. The molecule has 1 aliphatic carbocycles. The molecule has 3 rings (SSSR count). The Hall–Kier alpha value is -2.18. The molecule has 2 aromatic rings. The summed E-state index contributed by atoms with van der Waals surface area (Å²) in [6.07, 6.45) is 3.35. The normalized spacial score (nSPS) is 14.6. The van der Waals surface area contributed by atoms with E-state index in [1.54, 1.807) is 0 Å². The Bertz CT molecular complexity index is 786. The lowest BCUT2D eigenvalue weighted by Gasteiger charge is -2.25. The number of hydrogen-bond donors (Lipinski definition) is 1. The van der Waals surface area contributed by atoms with Crippen molar-refractivity contribution in [2.45, 2.75) is 18.8 Å². The van der Waals surface area contributed by atoms with Gasteiger partial charge in [0, 0.05) is 12.1 Å². The molecule has 2 N–H and O–H groups in total. The number of rotatable bonds is 6. The van der Waals surface area contributed by atoms with Crippen LogP contribution in [0.2, 0.25) is 0 Å². The van der Waals surface area contributed by atoms with Crippen molar-refractivity contribution in [1.29, 1.82) is 0 Å². The van der Waals surface area contributed by atoms with Gasteiger partial charge in [0.15, 0.2) is 5.17 Å². The molecule has 0 saturated heterocycles. The number of carbonyl (C=O) groups is 1. The van der Waals surface area contributed by atoms with Crippen molar-refractivity contribution in [1.82, 2.24) is 0 Å². The summed E-state index contributed by atoms with van der Waals surface area (Å²) >= 11 is 1.30. The van der Waals surface area contributed by atoms with E-state index in [0.717, 1.165) is 17.4 Å². The number of anilines is 1. The van der Waals surface area contributed by atoms with Gasteiger partial charge >= 0.3 is 0 Å². The molecular weight excluding hydrogens is 320 g/mol. The smallest absolute Gasteiger partial charge is 0.191 e. The quantitative estimate of drug-likeness (QED) is 0.288. The maximum Gasteiger partial charge on any atom is 0.191 e. The minimum absolute atomic E-state index is 0.243. The summed E-state index contributed by atoms with van der Waals surface area (Å²) in [5, 5.41) is 10.6. The summed E-state index contributed by atoms with van der Waals surface area (Å²) in [6.45, 7) is 3.66. The predicted molar refractivity (Wildman–Crippen MR) is 103 cm³/mol. The number of hydrogen-bond acceptors (Lipinski definition) is 5. The number of aldehydes is 1. The topological polar surface area (TPSA) is 71.0 Å². The molecule has 1 saturated carbocycles. The van der Waals surface area contributed by atoms with Crippen LogP contribution in [0.15, 0.2) is 46.6 Å². The van der Waals surface area contributed by atoms with Crippen LogP contribution in [0.4, 0.5) is 5.69 Å². The number of fused-ring (bicyclic) bond motifs is 1. The van der Waals surface area contributed by atoms with E-state index in [1.807, 2.05) is 11.0 Å². The zero-order chi connectivity index (χ0) is 16.9. The summed E-state index contributed by atoms with van der Waals surface area (Å²) in [5.41, 5.74) is 8.36. The lowest BCUT2D eigenvalue weighted by atomic mass is 9.99. The van der Waals surface area contributed by atoms with Gasteiger partial charge in [0.2, 0.25) is 0 Å². The molecule has 0 bridgehead atoms. The maximum absolute atomic E-state index is 10.7. The van der Waals surface area contributed by atoms with Crippen LogP contribution in [-0.4, -0.2) is 30.6 Å². The highest BCUT2D eigenvalue weighted by molar-refractivity contribution is 8.14. The minimum atomic E-state index is 0.243. The van der Waals surface area contributed by atoms with Gasteiger partial charge < -0.3 is 15.4 Å². The number of thioether (sulfide) groups is 1. The Kier molecular flexibility index (Phi) is 5.27. The molecule has 5 nitrogen and oxygen atoms in total. The van der Waals surface area contributed by atoms with Crippen LogP contribution in [-0.2, 0) is 4.79 Å². The van der Waals surface area contributed by atoms with E-state index in [9.17, 15) is 4.79 Å². The molecule has 124 valence electrons. The average molecular weight is 340 g/mol. The summed E-state index contributed by atoms with van der Waals surface area (Å²) in [6, 6.07) is 12.6. The van der Waals surface area contributed by atoms with E-state index in [2.05, 4.69) is 47.3 Å². The first-order valence-corrected chi connectivity index (χ1v) is 8.88. The molecule has 0 aliphatic heterocycles. The van der Waals surface area contributed by atoms with E-state index < -0.39 is 0 Å². The molecule has 1 fully saturated rings. The van der Waals surface area contributed by atoms with Gasteiger partial charge in [-0.05, 0) is 35.8 Å². The van der Waals surface area contributed by atoms with E-state index in [4.69, 9.17) is 5.73 Å². The van der Waals surface area contributed by atoms with Gasteiger partial charge in [0.25, 0.3) is 0 Å². The zero-order valence-corrected chi connectivity index (χ0v) is 14.2. The van der Waals surface area contributed by atoms with Crippen LogP contribution in [0.25, 0.3) is 10.8 Å². The first-order chi connectivity index (χ1) is 11.8. The van der Waals surface area contributed by atoms with E-state index in [-0.39, 0.29) is 6.67 Å². The van der Waals surface area contributed by atoms with Crippen LogP contribution in [0.3, 0.4) is 0 Å². The fraction of sp³-hybridized carbons (Fsp3) is 0.278. The Balaban J connectivity index is 2.08. The summed E-state index contributed by atoms with van der Waals surface area (Å²) in [4.78, 5) is 12.6. The van der Waals surface area contributed by atoms with Crippen molar-refractivity contribution < 1.29 is 4.79 Å². The third kappa shape index (κ3) is 3.34. The lowest BCUT2D eigenvalue weighted by molar-refractivity contribution is -0.105. The standard InChI is InChI=1S/C18H20N4OS/c1-20-21-18(24-11-10-23)22(12-19)17-9-8-14(13-6-7-13)15-4-2-3-5-16(15)17/h2-5,8-10,13H,1,6-7,11-12,19H2/b21-18+. The Labute approximate surface area is 145 Å². The van der Waals surface area contributed by atoms with Crippen LogP contribution >= 0.6 is 11.8 Å². The Morgan fingerprint density at radius 1 is 1.29 bits per heavy atom. The molecule has 6 heteroatoms. The molecule has 2 aromatic carbocycles. The second-order valence-electron chi connectivity index (χ2n) is 5.61. The van der Waals surface area contributed by atoms with E-state index >= 15 is 0 Å². The fourth-order valence-electron chi connectivity index (χ4n) is 2.90. The lowest BCUT2D eigenvalue weighted by Crippen LogP contribution is -2.34. The van der Waals surface area contributed by atoms with Crippen molar-refractivity contribution in [3.8, 4) is 0 Å². The van der Waals surface area contributed by atoms with Crippen molar-refractivity contribution in [3.05, 3.63) is 42.0 Å². The summed E-state index contributed by atoms with van der Waals surface area (Å²) in [5.74, 6) is 0.964. The predicted octanol–water partition coefficient (Wildman–Crippen LogP) is 3.34. The Morgan fingerprint density at radius 2 is 2.04 bits per heavy atom. The van der Waals surface area contributed by atoms with E-state index in [0.29, 0.717) is 16.8 Å². The summed E-state index contributed by atoms with van der Waals surface area (Å²) in [7, 11) is 0. The van der Waals surface area contributed by atoms with Crippen LogP contribution in [0.5, 0.6) is 0 Å². The molecule has 1 aliphatic rings. The van der Waals surface area contributed by atoms with Crippen molar-refractivity contribution in [2.75, 3.05) is 17.3 Å². The third-order valence-corrected chi connectivity index (χ3v) is 4.96. The van der Waals surface area contributed by atoms with Crippen LogP contribution in [0.1, 0.15) is 24.3 Å². The highest BCUT2D eigenvalue weighted by Gasteiger charge is 2.26. The van der Waals surface area contributed by atoms with Gasteiger partial charge in [-0.25, -0.2) is 0 Å². The van der Waals surface area contributed by atoms with Crippen LogP contribution < -0.4 is 10.6 Å². The zero-order valence-electron chi connectivity index (χ0n) is 13.4. The third-order valence-electron chi connectivity index (χ3n) is 4.09. The van der Waals surface area contributed by atoms with Gasteiger partial charge in [0.05, 0.1) is 18.1 Å². The first-order valence-electron chi connectivity index (χ1n) is 7.89. The SMILES string of the molecule is C=N/N=C(/SCC=O)N(CN)c1ccc(C2CC2)c2ccccc12. The van der Waals surface area contributed by atoms with Gasteiger partial charge in [-0.3, -0.25) is 0 Å². The maximum atomic E-state index is 10.7. The van der Waals surface area contributed by atoms with Gasteiger partial charge in [-0.2, -0.15) is 5.10 Å². The number of amidine groups is 1. The van der Waals surface area contributed by atoms with Crippen LogP contribution in [0, 0.1) is 0 Å². The van der Waals surface area contributed by atoms with Crippen molar-refractivity contribution in [3.63, 3.8) is 0 Å². The molecule has 0 atom stereocenters. The molecule has 0 aromatic heterocycles. The highest BCUT2D eigenvalue weighted by atomic mass is 32.2. The molecule has 0 radical (unpaired) electrons. The first kappa shape index (κ1) is 16.7. The molecule has 24 heavy (non-hydrogen) atoms. The Morgan fingerprint density at radius 3 is 2.67 bits per heavy atom.